The lowest BCUT2D eigenvalue weighted by molar-refractivity contribution is 0.0561. The van der Waals surface area contributed by atoms with E-state index in [1.807, 2.05) is 22.6 Å². The van der Waals surface area contributed by atoms with Gasteiger partial charge in [-0.3, -0.25) is 9.69 Å². The van der Waals surface area contributed by atoms with E-state index in [1.165, 1.54) is 19.4 Å². The Labute approximate surface area is 114 Å². The van der Waals surface area contributed by atoms with Crippen LogP contribution in [0.2, 0.25) is 0 Å². The summed E-state index contributed by atoms with van der Waals surface area (Å²) >= 11 is 0. The number of nitrogens with zero attached hydrogens (tertiary/aromatic N) is 3. The predicted molar refractivity (Wildman–Crippen MR) is 75.0 cm³/mol. The van der Waals surface area contributed by atoms with Gasteiger partial charge in [0.1, 0.15) is 5.69 Å². The van der Waals surface area contributed by atoms with E-state index in [0.29, 0.717) is 11.7 Å². The Bertz CT molecular complexity index is 482. The van der Waals surface area contributed by atoms with Crippen molar-refractivity contribution in [1.29, 1.82) is 0 Å². The molecule has 2 aliphatic rings. The molecule has 3 rings (SSSR count). The third kappa shape index (κ3) is 2.23. The van der Waals surface area contributed by atoms with E-state index in [2.05, 4.69) is 4.90 Å². The van der Waals surface area contributed by atoms with Crippen LogP contribution < -0.4 is 5.73 Å². The summed E-state index contributed by atoms with van der Waals surface area (Å²) in [5.41, 5.74) is 7.21. The average Bonchev–Trinajstić information content (AvgIpc) is 3.02. The number of fused-ring (bicyclic) bond motifs is 1. The molecule has 0 aliphatic carbocycles. The minimum Gasteiger partial charge on any atom is -0.397 e. The molecule has 0 bridgehead atoms. The molecule has 2 N–H and O–H groups in total. The Morgan fingerprint density at radius 3 is 3.05 bits per heavy atom. The fourth-order valence-corrected chi connectivity index (χ4v) is 3.31. The predicted octanol–water partition coefficient (Wildman–Crippen LogP) is 1.01. The number of aromatic nitrogens is 1. The molecule has 1 unspecified atom stereocenters. The molecule has 0 saturated carbocycles. The standard InChI is InChI=1S/C14H22N4O/c1-2-16-9-11(15)8-13(16)14(19)18-7-6-17-5-3-4-12(17)10-18/h8-9,12H,2-7,10,15H2,1H3. The highest BCUT2D eigenvalue weighted by molar-refractivity contribution is 5.94. The second-order valence-corrected chi connectivity index (χ2v) is 5.53. The molecule has 1 amide bonds. The maximum Gasteiger partial charge on any atom is 0.270 e. The van der Waals surface area contributed by atoms with Crippen LogP contribution in [0.3, 0.4) is 0 Å². The Morgan fingerprint density at radius 1 is 1.42 bits per heavy atom. The van der Waals surface area contributed by atoms with E-state index in [-0.39, 0.29) is 5.91 Å². The van der Waals surface area contributed by atoms with Crippen molar-refractivity contribution in [3.8, 4) is 0 Å². The number of nitrogens with two attached hydrogens (primary N) is 1. The van der Waals surface area contributed by atoms with Gasteiger partial charge in [0.05, 0.1) is 5.69 Å². The third-order valence-electron chi connectivity index (χ3n) is 4.35. The van der Waals surface area contributed by atoms with Gasteiger partial charge in [-0.15, -0.1) is 0 Å². The van der Waals surface area contributed by atoms with Crippen molar-refractivity contribution in [2.45, 2.75) is 32.4 Å². The molecule has 0 aromatic carbocycles. The summed E-state index contributed by atoms with van der Waals surface area (Å²) < 4.78 is 1.94. The van der Waals surface area contributed by atoms with Crippen LogP contribution in [-0.4, -0.2) is 52.5 Å². The number of carbonyl (C=O) groups excluding carboxylic acids is 1. The van der Waals surface area contributed by atoms with Gasteiger partial charge >= 0.3 is 0 Å². The van der Waals surface area contributed by atoms with Gasteiger partial charge in [0.15, 0.2) is 0 Å². The second kappa shape index (κ2) is 4.89. The molecule has 1 aromatic heterocycles. The summed E-state index contributed by atoms with van der Waals surface area (Å²) in [7, 11) is 0. The van der Waals surface area contributed by atoms with E-state index in [1.54, 1.807) is 6.07 Å². The number of hydrogen-bond acceptors (Lipinski definition) is 3. The fraction of sp³-hybridized carbons (Fsp3) is 0.643. The van der Waals surface area contributed by atoms with E-state index >= 15 is 0 Å². The molecule has 2 saturated heterocycles. The maximum atomic E-state index is 12.6. The monoisotopic (exact) mass is 262 g/mol. The van der Waals surface area contributed by atoms with Crippen LogP contribution in [0.4, 0.5) is 5.69 Å². The van der Waals surface area contributed by atoms with E-state index in [0.717, 1.165) is 31.9 Å². The Hall–Kier alpha value is -1.49. The highest BCUT2D eigenvalue weighted by Gasteiger charge is 2.33. The van der Waals surface area contributed by atoms with Crippen LogP contribution >= 0.6 is 0 Å². The van der Waals surface area contributed by atoms with Crippen LogP contribution in [0.1, 0.15) is 30.3 Å². The van der Waals surface area contributed by atoms with E-state index in [9.17, 15) is 4.79 Å². The molecule has 2 fully saturated rings. The Balaban J connectivity index is 1.76. The number of amides is 1. The highest BCUT2D eigenvalue weighted by Crippen LogP contribution is 2.23. The van der Waals surface area contributed by atoms with E-state index in [4.69, 9.17) is 5.73 Å². The average molecular weight is 262 g/mol. The lowest BCUT2D eigenvalue weighted by Gasteiger charge is -2.37. The Kier molecular flexibility index (Phi) is 3.22. The fourth-order valence-electron chi connectivity index (χ4n) is 3.31. The van der Waals surface area contributed by atoms with Gasteiger partial charge in [-0.1, -0.05) is 0 Å². The van der Waals surface area contributed by atoms with Gasteiger partial charge < -0.3 is 15.2 Å². The third-order valence-corrected chi connectivity index (χ3v) is 4.35. The molecular formula is C14H22N4O. The highest BCUT2D eigenvalue weighted by atomic mass is 16.2. The number of rotatable bonds is 2. The molecule has 5 heteroatoms. The zero-order valence-corrected chi connectivity index (χ0v) is 11.5. The van der Waals surface area contributed by atoms with Crippen molar-refractivity contribution in [2.75, 3.05) is 31.9 Å². The number of piperazine rings is 1. The molecular weight excluding hydrogens is 240 g/mol. The molecule has 3 heterocycles. The zero-order chi connectivity index (χ0) is 13.4. The normalized spacial score (nSPS) is 23.6. The number of nitrogen functional groups attached to an aromatic ring is 1. The molecule has 0 radical (unpaired) electrons. The molecule has 1 aromatic rings. The molecule has 104 valence electrons. The zero-order valence-electron chi connectivity index (χ0n) is 11.5. The lowest BCUT2D eigenvalue weighted by Crippen LogP contribution is -2.52. The smallest absolute Gasteiger partial charge is 0.270 e. The first-order valence-corrected chi connectivity index (χ1v) is 7.18. The number of hydrogen-bond donors (Lipinski definition) is 1. The molecule has 2 aliphatic heterocycles. The van der Waals surface area contributed by atoms with Crippen LogP contribution in [-0.2, 0) is 6.54 Å². The first kappa shape index (κ1) is 12.5. The first-order valence-electron chi connectivity index (χ1n) is 7.18. The van der Waals surface area contributed by atoms with Crippen molar-refractivity contribution in [1.82, 2.24) is 14.4 Å². The van der Waals surface area contributed by atoms with Crippen LogP contribution in [0.15, 0.2) is 12.3 Å². The van der Waals surface area contributed by atoms with Gasteiger partial charge in [0, 0.05) is 38.4 Å². The van der Waals surface area contributed by atoms with Gasteiger partial charge in [-0.2, -0.15) is 0 Å². The van der Waals surface area contributed by atoms with Crippen LogP contribution in [0.5, 0.6) is 0 Å². The summed E-state index contributed by atoms with van der Waals surface area (Å²) in [4.78, 5) is 17.1. The minimum absolute atomic E-state index is 0.130. The summed E-state index contributed by atoms with van der Waals surface area (Å²) in [5, 5.41) is 0. The summed E-state index contributed by atoms with van der Waals surface area (Å²) in [6, 6.07) is 2.37. The van der Waals surface area contributed by atoms with Gasteiger partial charge in [-0.25, -0.2) is 0 Å². The van der Waals surface area contributed by atoms with Gasteiger partial charge in [0.2, 0.25) is 0 Å². The summed E-state index contributed by atoms with van der Waals surface area (Å²) in [6.45, 7) is 6.73. The van der Waals surface area contributed by atoms with E-state index < -0.39 is 0 Å². The molecule has 19 heavy (non-hydrogen) atoms. The van der Waals surface area contributed by atoms with Gasteiger partial charge in [-0.05, 0) is 32.4 Å². The first-order chi connectivity index (χ1) is 9.19. The van der Waals surface area contributed by atoms with Gasteiger partial charge in [0.25, 0.3) is 5.91 Å². The lowest BCUT2D eigenvalue weighted by atomic mass is 10.1. The number of aryl methyl sites for hydroxylation is 1. The maximum absolute atomic E-state index is 12.6. The quantitative estimate of drug-likeness (QED) is 0.865. The number of anilines is 1. The van der Waals surface area contributed by atoms with Crippen molar-refractivity contribution in [3.63, 3.8) is 0 Å². The van der Waals surface area contributed by atoms with Crippen LogP contribution in [0, 0.1) is 0 Å². The van der Waals surface area contributed by atoms with Crippen molar-refractivity contribution < 1.29 is 4.79 Å². The van der Waals surface area contributed by atoms with Crippen molar-refractivity contribution in [2.24, 2.45) is 0 Å². The molecule has 1 atom stereocenters. The molecule has 5 nitrogen and oxygen atoms in total. The summed E-state index contributed by atoms with van der Waals surface area (Å²) in [5.74, 6) is 0.130. The Morgan fingerprint density at radius 2 is 2.26 bits per heavy atom. The van der Waals surface area contributed by atoms with Crippen LogP contribution in [0.25, 0.3) is 0 Å². The topological polar surface area (TPSA) is 54.5 Å². The summed E-state index contributed by atoms with van der Waals surface area (Å²) in [6.07, 6.45) is 4.34. The second-order valence-electron chi connectivity index (χ2n) is 5.53. The number of carbonyl (C=O) groups is 1. The molecule has 0 spiro atoms. The SMILES string of the molecule is CCn1cc(N)cc1C(=O)N1CCN2CCCC2C1. The van der Waals surface area contributed by atoms with Crippen molar-refractivity contribution >= 4 is 11.6 Å². The van der Waals surface area contributed by atoms with Crippen molar-refractivity contribution in [3.05, 3.63) is 18.0 Å². The minimum atomic E-state index is 0.130. The largest absolute Gasteiger partial charge is 0.397 e.